The van der Waals surface area contributed by atoms with Crippen LogP contribution >= 0.6 is 11.8 Å². The van der Waals surface area contributed by atoms with Gasteiger partial charge in [0.05, 0.1) is 29.3 Å². The quantitative estimate of drug-likeness (QED) is 0.0854. The molecule has 0 saturated carbocycles. The second-order valence-corrected chi connectivity index (χ2v) is 16.0. The number of aromatic carboxylic acids is 1. The summed E-state index contributed by atoms with van der Waals surface area (Å²) in [6.07, 6.45) is -1.37. The van der Waals surface area contributed by atoms with E-state index in [2.05, 4.69) is 10.0 Å². The number of sulfonamides is 1. The summed E-state index contributed by atoms with van der Waals surface area (Å²) in [7, 11) is -4.01. The molecular weight excluding hydrogens is 725 g/mol. The van der Waals surface area contributed by atoms with Gasteiger partial charge in [0.2, 0.25) is 15.9 Å². The van der Waals surface area contributed by atoms with Crippen molar-refractivity contribution in [1.82, 2.24) is 4.72 Å². The maximum absolute atomic E-state index is 13.7. The Balaban J connectivity index is 1.21. The number of benzene rings is 5. The second-order valence-electron chi connectivity index (χ2n) is 13.2. The number of ether oxygens (including phenoxy) is 2. The predicted octanol–water partition coefficient (Wildman–Crippen LogP) is 7.30. The Labute approximate surface area is 319 Å². The molecule has 0 aliphatic carbocycles. The molecule has 280 valence electrons. The molecule has 5 aromatic rings. The molecule has 1 saturated heterocycles. The molecular formula is C42H42N2O8S2. The molecule has 1 heterocycles. The summed E-state index contributed by atoms with van der Waals surface area (Å²) in [6.45, 7) is 3.82. The molecule has 1 amide bonds. The molecule has 1 fully saturated rings. The highest BCUT2D eigenvalue weighted by atomic mass is 32.2. The summed E-state index contributed by atoms with van der Waals surface area (Å²) >= 11 is 1.41. The zero-order chi connectivity index (χ0) is 38.2. The molecule has 0 spiro atoms. The van der Waals surface area contributed by atoms with Gasteiger partial charge in [-0.1, -0.05) is 103 Å². The van der Waals surface area contributed by atoms with Crippen LogP contribution in [0.3, 0.4) is 0 Å². The zero-order valence-corrected chi connectivity index (χ0v) is 31.4. The standard InChI is InChI=1S/C42H42N2O8S2/c1-27-12-22-34(23-13-27)54(49,50)44-36(24-29-8-4-3-5-9-29)40(46)43-33-20-18-32(19-21-33)42-51-37(26-53-38-11-7-6-10-35(38)41(47)48)28(2)39(52-42)31-16-14-30(25-45)15-17-31/h3-23,28,36-37,39,42,44-45H,24-26H2,1-2H3,(H,43,46)(H,47,48)/t28-,36+,37+,39+,42+/m0/s1. The number of carbonyl (C=O) groups excluding carboxylic acids is 1. The van der Waals surface area contributed by atoms with Gasteiger partial charge >= 0.3 is 5.97 Å². The van der Waals surface area contributed by atoms with Crippen LogP contribution in [0.4, 0.5) is 5.69 Å². The molecule has 0 bridgehead atoms. The van der Waals surface area contributed by atoms with Crippen molar-refractivity contribution < 1.29 is 37.7 Å². The maximum Gasteiger partial charge on any atom is 0.336 e. The Bertz CT molecular complexity index is 2150. The molecule has 1 aliphatic rings. The van der Waals surface area contributed by atoms with Gasteiger partial charge in [-0.2, -0.15) is 4.72 Å². The molecule has 10 nitrogen and oxygen atoms in total. The second kappa shape index (κ2) is 17.5. The largest absolute Gasteiger partial charge is 0.478 e. The van der Waals surface area contributed by atoms with Gasteiger partial charge in [-0.15, -0.1) is 11.8 Å². The molecule has 1 aliphatic heterocycles. The number of carboxylic acids is 1. The summed E-state index contributed by atoms with van der Waals surface area (Å²) in [4.78, 5) is 26.3. The van der Waals surface area contributed by atoms with E-state index < -0.39 is 34.2 Å². The van der Waals surface area contributed by atoms with Crippen molar-refractivity contribution in [3.63, 3.8) is 0 Å². The summed E-state index contributed by atoms with van der Waals surface area (Å²) in [5.41, 5.74) is 4.77. The van der Waals surface area contributed by atoms with Crippen molar-refractivity contribution in [2.75, 3.05) is 11.1 Å². The Morgan fingerprint density at radius 3 is 2.11 bits per heavy atom. The lowest BCUT2D eigenvalue weighted by atomic mass is 9.91. The fraction of sp³-hybridized carbons (Fsp3) is 0.238. The number of carbonyl (C=O) groups is 2. The van der Waals surface area contributed by atoms with Crippen molar-refractivity contribution in [2.45, 2.75) is 61.2 Å². The van der Waals surface area contributed by atoms with Gasteiger partial charge in [-0.3, -0.25) is 4.79 Å². The first-order chi connectivity index (χ1) is 26.0. The van der Waals surface area contributed by atoms with Crippen LogP contribution in [0.2, 0.25) is 0 Å². The first-order valence-corrected chi connectivity index (χ1v) is 20.0. The van der Waals surface area contributed by atoms with E-state index in [0.29, 0.717) is 21.9 Å². The third kappa shape index (κ3) is 9.64. The van der Waals surface area contributed by atoms with E-state index in [1.54, 1.807) is 60.7 Å². The fourth-order valence-corrected chi connectivity index (χ4v) is 8.62. The molecule has 54 heavy (non-hydrogen) atoms. The fourth-order valence-electron chi connectivity index (χ4n) is 6.21. The van der Waals surface area contributed by atoms with Crippen molar-refractivity contribution in [3.05, 3.63) is 161 Å². The number of anilines is 1. The number of hydrogen-bond acceptors (Lipinski definition) is 8. The number of rotatable bonds is 14. The van der Waals surface area contributed by atoms with E-state index >= 15 is 0 Å². The number of carboxylic acid groups (broad SMARTS) is 1. The minimum atomic E-state index is -4.01. The lowest BCUT2D eigenvalue weighted by Crippen LogP contribution is -2.45. The smallest absolute Gasteiger partial charge is 0.336 e. The van der Waals surface area contributed by atoms with E-state index in [9.17, 15) is 28.2 Å². The molecule has 6 rings (SSSR count). The van der Waals surface area contributed by atoms with Gasteiger partial charge in [0, 0.05) is 27.8 Å². The van der Waals surface area contributed by atoms with Gasteiger partial charge in [0.25, 0.3) is 0 Å². The van der Waals surface area contributed by atoms with Gasteiger partial charge in [-0.25, -0.2) is 13.2 Å². The summed E-state index contributed by atoms with van der Waals surface area (Å²) in [5, 5.41) is 22.2. The average Bonchev–Trinajstić information content (AvgIpc) is 3.18. The minimum Gasteiger partial charge on any atom is -0.478 e. The topological polar surface area (TPSA) is 151 Å². The van der Waals surface area contributed by atoms with Gasteiger partial charge in [0.1, 0.15) is 6.04 Å². The number of aliphatic hydroxyl groups excluding tert-OH is 1. The Kier molecular flexibility index (Phi) is 12.6. The monoisotopic (exact) mass is 766 g/mol. The van der Waals surface area contributed by atoms with Crippen molar-refractivity contribution in [1.29, 1.82) is 0 Å². The summed E-state index contributed by atoms with van der Waals surface area (Å²) in [6, 6.07) is 36.0. The van der Waals surface area contributed by atoms with Gasteiger partial charge < -0.3 is 25.0 Å². The maximum atomic E-state index is 13.7. The normalized spacial score (nSPS) is 19.2. The van der Waals surface area contributed by atoms with Crippen LogP contribution in [0.15, 0.2) is 137 Å². The number of hydrogen-bond donors (Lipinski definition) is 4. The molecule has 5 atom stereocenters. The molecule has 4 N–H and O–H groups in total. The van der Waals surface area contributed by atoms with Crippen molar-refractivity contribution in [3.8, 4) is 0 Å². The van der Waals surface area contributed by atoms with Crippen LogP contribution in [0.5, 0.6) is 0 Å². The number of nitrogens with one attached hydrogen (secondary N) is 2. The third-order valence-electron chi connectivity index (χ3n) is 9.32. The first-order valence-electron chi connectivity index (χ1n) is 17.5. The van der Waals surface area contributed by atoms with Gasteiger partial charge in [-0.05, 0) is 66.4 Å². The highest BCUT2D eigenvalue weighted by Crippen LogP contribution is 2.43. The number of amides is 1. The van der Waals surface area contributed by atoms with E-state index in [1.165, 1.54) is 23.9 Å². The first kappa shape index (κ1) is 38.9. The van der Waals surface area contributed by atoms with E-state index in [-0.39, 0.29) is 41.6 Å². The Morgan fingerprint density at radius 1 is 0.796 bits per heavy atom. The van der Waals surface area contributed by atoms with Crippen LogP contribution < -0.4 is 10.0 Å². The van der Waals surface area contributed by atoms with Crippen molar-refractivity contribution in [2.24, 2.45) is 5.92 Å². The molecule has 5 aromatic carbocycles. The van der Waals surface area contributed by atoms with Crippen LogP contribution in [0, 0.1) is 12.8 Å². The van der Waals surface area contributed by atoms with Crippen LogP contribution in [-0.4, -0.2) is 48.4 Å². The SMILES string of the molecule is Cc1ccc(S(=O)(=O)N[C@H](Cc2ccccc2)C(=O)Nc2ccc([C@@H]3O[C@H](CSc4ccccc4C(=O)O)[C@H](C)[C@H](c4ccc(CO)cc4)O3)cc2)cc1. The lowest BCUT2D eigenvalue weighted by molar-refractivity contribution is -0.268. The molecule has 0 aromatic heterocycles. The third-order valence-corrected chi connectivity index (χ3v) is 12.0. The molecule has 0 unspecified atom stereocenters. The number of aliphatic hydroxyl groups is 1. The van der Waals surface area contributed by atoms with Crippen LogP contribution in [-0.2, 0) is 37.3 Å². The number of thioether (sulfide) groups is 1. The van der Waals surface area contributed by atoms with E-state index in [1.807, 2.05) is 68.4 Å². The van der Waals surface area contributed by atoms with Crippen molar-refractivity contribution >= 4 is 39.3 Å². The highest BCUT2D eigenvalue weighted by Gasteiger charge is 2.38. The van der Waals surface area contributed by atoms with Crippen LogP contribution in [0.25, 0.3) is 0 Å². The number of aryl methyl sites for hydroxylation is 1. The Hall–Kier alpha value is -4.82. The predicted molar refractivity (Wildman–Crippen MR) is 208 cm³/mol. The molecule has 0 radical (unpaired) electrons. The summed E-state index contributed by atoms with van der Waals surface area (Å²) in [5.74, 6) is -1.17. The zero-order valence-electron chi connectivity index (χ0n) is 29.8. The minimum absolute atomic E-state index is 0.0653. The lowest BCUT2D eigenvalue weighted by Gasteiger charge is -2.41. The summed E-state index contributed by atoms with van der Waals surface area (Å²) < 4.78 is 42.4. The van der Waals surface area contributed by atoms with Gasteiger partial charge in [0.15, 0.2) is 6.29 Å². The van der Waals surface area contributed by atoms with Crippen LogP contribution in [0.1, 0.15) is 57.5 Å². The Morgan fingerprint density at radius 2 is 1.44 bits per heavy atom. The van der Waals surface area contributed by atoms with E-state index in [4.69, 9.17) is 9.47 Å². The highest BCUT2D eigenvalue weighted by molar-refractivity contribution is 7.99. The van der Waals surface area contributed by atoms with E-state index in [0.717, 1.165) is 22.3 Å². The average molecular weight is 767 g/mol. The molecule has 12 heteroatoms.